The van der Waals surface area contributed by atoms with Crippen molar-refractivity contribution in [3.63, 3.8) is 0 Å². The van der Waals surface area contributed by atoms with Crippen LogP contribution in [0.1, 0.15) is 11.1 Å². The zero-order valence-electron chi connectivity index (χ0n) is 18.7. The van der Waals surface area contributed by atoms with Gasteiger partial charge >= 0.3 is 0 Å². The number of amides is 1. The first-order valence-electron chi connectivity index (χ1n) is 10.8. The first-order chi connectivity index (χ1) is 17.0. The second-order valence-electron chi connectivity index (χ2n) is 7.51. The number of nitrogens with zero attached hydrogens (tertiary/aromatic N) is 1. The van der Waals surface area contributed by atoms with Crippen LogP contribution >= 0.6 is 0 Å². The molecule has 0 unspecified atom stereocenters. The lowest BCUT2D eigenvalue weighted by molar-refractivity contribution is -0.111. The number of sulfonamides is 1. The quantitative estimate of drug-likeness (QED) is 0.321. The molecule has 0 aliphatic heterocycles. The lowest BCUT2D eigenvalue weighted by Gasteiger charge is -2.08. The average Bonchev–Trinajstić information content (AvgIpc) is 2.88. The number of ether oxygens (including phenoxy) is 1. The number of aromatic nitrogens is 1. The van der Waals surface area contributed by atoms with Crippen LogP contribution in [0.3, 0.4) is 0 Å². The third-order valence-corrected chi connectivity index (χ3v) is 6.26. The van der Waals surface area contributed by atoms with Gasteiger partial charge < -0.3 is 10.1 Å². The standard InChI is InChI=1S/C27H23N3O4S/c31-27(18-11-21-9-14-24(15-10-21)34-20-22-6-2-1-3-7-22)29-23-12-16-25(17-13-23)35(32,33)30-26-8-4-5-19-28-26/h1-19H,20H2,(H,28,30)(H,29,31)/b18-11+. The summed E-state index contributed by atoms with van der Waals surface area (Å²) in [6.45, 7) is 0.484. The minimum atomic E-state index is -3.78. The SMILES string of the molecule is O=C(/C=C/c1ccc(OCc2ccccc2)cc1)Nc1ccc(S(=O)(=O)Nc2ccccn2)cc1. The Hall–Kier alpha value is -4.43. The smallest absolute Gasteiger partial charge is 0.263 e. The Morgan fingerprint density at radius 2 is 1.57 bits per heavy atom. The van der Waals surface area contributed by atoms with E-state index in [0.717, 1.165) is 16.9 Å². The van der Waals surface area contributed by atoms with E-state index in [1.165, 1.54) is 36.5 Å². The molecule has 0 fully saturated rings. The molecule has 0 aliphatic carbocycles. The van der Waals surface area contributed by atoms with Crippen molar-refractivity contribution < 1.29 is 17.9 Å². The number of nitrogens with one attached hydrogen (secondary N) is 2. The van der Waals surface area contributed by atoms with E-state index in [-0.39, 0.29) is 16.6 Å². The Labute approximate surface area is 204 Å². The first-order valence-corrected chi connectivity index (χ1v) is 12.3. The van der Waals surface area contributed by atoms with Crippen molar-refractivity contribution in [3.05, 3.63) is 120 Å². The zero-order chi connectivity index (χ0) is 24.5. The zero-order valence-corrected chi connectivity index (χ0v) is 19.5. The minimum Gasteiger partial charge on any atom is -0.489 e. The second kappa shape index (κ2) is 11.1. The van der Waals surface area contributed by atoms with Gasteiger partial charge in [0, 0.05) is 18.0 Å². The average molecular weight is 486 g/mol. The number of rotatable bonds is 9. The molecule has 4 rings (SSSR count). The predicted molar refractivity (Wildman–Crippen MR) is 136 cm³/mol. The van der Waals surface area contributed by atoms with Crippen molar-refractivity contribution in [2.75, 3.05) is 10.0 Å². The Bertz CT molecular complexity index is 1390. The molecular formula is C27H23N3O4S. The van der Waals surface area contributed by atoms with Crippen molar-refractivity contribution in [1.29, 1.82) is 0 Å². The van der Waals surface area contributed by atoms with E-state index >= 15 is 0 Å². The summed E-state index contributed by atoms with van der Waals surface area (Å²) in [5.41, 5.74) is 2.40. The molecule has 0 saturated carbocycles. The lowest BCUT2D eigenvalue weighted by atomic mass is 10.2. The van der Waals surface area contributed by atoms with E-state index in [1.54, 1.807) is 24.3 Å². The number of benzene rings is 3. The fourth-order valence-corrected chi connectivity index (χ4v) is 4.12. The van der Waals surface area contributed by atoms with Gasteiger partial charge in [-0.1, -0.05) is 48.5 Å². The summed E-state index contributed by atoms with van der Waals surface area (Å²) in [4.78, 5) is 16.3. The van der Waals surface area contributed by atoms with Crippen molar-refractivity contribution in [2.45, 2.75) is 11.5 Å². The highest BCUT2D eigenvalue weighted by Crippen LogP contribution is 2.18. The van der Waals surface area contributed by atoms with Crippen LogP contribution in [0.4, 0.5) is 11.5 Å². The van der Waals surface area contributed by atoms with Crippen LogP contribution in [0.5, 0.6) is 5.75 Å². The maximum absolute atomic E-state index is 12.5. The summed E-state index contributed by atoms with van der Waals surface area (Å²) in [5, 5.41) is 2.71. The second-order valence-corrected chi connectivity index (χ2v) is 9.19. The summed E-state index contributed by atoms with van der Waals surface area (Å²) in [6, 6.07) is 28.1. The summed E-state index contributed by atoms with van der Waals surface area (Å²) >= 11 is 0. The highest BCUT2D eigenvalue weighted by molar-refractivity contribution is 7.92. The molecule has 3 aromatic carbocycles. The summed E-state index contributed by atoms with van der Waals surface area (Å²) in [7, 11) is -3.78. The molecule has 1 aromatic heterocycles. The molecular weight excluding hydrogens is 462 g/mol. The van der Waals surface area contributed by atoms with Gasteiger partial charge in [-0.05, 0) is 65.7 Å². The van der Waals surface area contributed by atoms with E-state index in [1.807, 2.05) is 54.6 Å². The fraction of sp³-hybridized carbons (Fsp3) is 0.0370. The van der Waals surface area contributed by atoms with Gasteiger partial charge in [0.15, 0.2) is 0 Å². The molecule has 7 nitrogen and oxygen atoms in total. The Balaban J connectivity index is 1.29. The van der Waals surface area contributed by atoms with Crippen LogP contribution in [0.2, 0.25) is 0 Å². The highest BCUT2D eigenvalue weighted by atomic mass is 32.2. The van der Waals surface area contributed by atoms with Crippen LogP contribution in [0, 0.1) is 0 Å². The van der Waals surface area contributed by atoms with E-state index in [0.29, 0.717) is 12.3 Å². The number of hydrogen-bond donors (Lipinski definition) is 2. The largest absolute Gasteiger partial charge is 0.489 e. The van der Waals surface area contributed by atoms with Crippen molar-refractivity contribution in [1.82, 2.24) is 4.98 Å². The fourth-order valence-electron chi connectivity index (χ4n) is 3.11. The molecule has 4 aromatic rings. The van der Waals surface area contributed by atoms with E-state index < -0.39 is 10.0 Å². The third-order valence-electron chi connectivity index (χ3n) is 4.89. The van der Waals surface area contributed by atoms with Crippen molar-refractivity contribution in [2.24, 2.45) is 0 Å². The Kier molecular flexibility index (Phi) is 7.54. The topological polar surface area (TPSA) is 97.4 Å². The molecule has 2 N–H and O–H groups in total. The molecule has 35 heavy (non-hydrogen) atoms. The number of anilines is 2. The molecule has 176 valence electrons. The van der Waals surface area contributed by atoms with E-state index in [4.69, 9.17) is 4.74 Å². The van der Waals surface area contributed by atoms with Gasteiger partial charge in [-0.2, -0.15) is 0 Å². The number of carbonyl (C=O) groups excluding carboxylic acids is 1. The van der Waals surface area contributed by atoms with Crippen molar-refractivity contribution >= 4 is 33.5 Å². The normalized spacial score (nSPS) is 11.2. The van der Waals surface area contributed by atoms with Gasteiger partial charge in [-0.3, -0.25) is 9.52 Å². The number of carbonyl (C=O) groups is 1. The maximum Gasteiger partial charge on any atom is 0.263 e. The lowest BCUT2D eigenvalue weighted by Crippen LogP contribution is -2.14. The van der Waals surface area contributed by atoms with E-state index in [9.17, 15) is 13.2 Å². The molecule has 0 radical (unpaired) electrons. The van der Waals surface area contributed by atoms with E-state index in [2.05, 4.69) is 15.0 Å². The Morgan fingerprint density at radius 1 is 0.857 bits per heavy atom. The van der Waals surface area contributed by atoms with Crippen LogP contribution in [-0.2, 0) is 21.4 Å². The number of hydrogen-bond acceptors (Lipinski definition) is 5. The monoisotopic (exact) mass is 485 g/mol. The molecule has 8 heteroatoms. The van der Waals surface area contributed by atoms with Crippen LogP contribution in [0.25, 0.3) is 6.08 Å². The molecule has 0 bridgehead atoms. The van der Waals surface area contributed by atoms with Crippen LogP contribution in [0.15, 0.2) is 114 Å². The molecule has 0 spiro atoms. The van der Waals surface area contributed by atoms with Gasteiger partial charge in [0.25, 0.3) is 10.0 Å². The molecule has 1 heterocycles. The highest BCUT2D eigenvalue weighted by Gasteiger charge is 2.14. The number of pyridine rings is 1. The van der Waals surface area contributed by atoms with Crippen LogP contribution in [-0.4, -0.2) is 19.3 Å². The first kappa shape index (κ1) is 23.7. The van der Waals surface area contributed by atoms with Gasteiger partial charge in [-0.15, -0.1) is 0 Å². The maximum atomic E-state index is 12.5. The molecule has 0 saturated heterocycles. The minimum absolute atomic E-state index is 0.0614. The summed E-state index contributed by atoms with van der Waals surface area (Å²) in [6.07, 6.45) is 4.59. The van der Waals surface area contributed by atoms with Crippen LogP contribution < -0.4 is 14.8 Å². The third kappa shape index (κ3) is 7.02. The molecule has 1 amide bonds. The molecule has 0 atom stereocenters. The molecule has 0 aliphatic rings. The van der Waals surface area contributed by atoms with Gasteiger partial charge in [0.2, 0.25) is 5.91 Å². The van der Waals surface area contributed by atoms with Gasteiger partial charge in [0.05, 0.1) is 4.90 Å². The van der Waals surface area contributed by atoms with Crippen molar-refractivity contribution in [3.8, 4) is 5.75 Å². The summed E-state index contributed by atoms with van der Waals surface area (Å²) < 4.78 is 33.1. The Morgan fingerprint density at radius 3 is 2.26 bits per heavy atom. The summed E-state index contributed by atoms with van der Waals surface area (Å²) in [5.74, 6) is 0.630. The van der Waals surface area contributed by atoms with Gasteiger partial charge in [-0.25, -0.2) is 13.4 Å². The predicted octanol–water partition coefficient (Wildman–Crippen LogP) is 5.11. The van der Waals surface area contributed by atoms with Gasteiger partial charge in [0.1, 0.15) is 18.2 Å².